The second kappa shape index (κ2) is 10.2. The van der Waals surface area contributed by atoms with E-state index in [0.717, 1.165) is 44.5 Å². The van der Waals surface area contributed by atoms with Crippen LogP contribution >= 0.6 is 0 Å². The Morgan fingerprint density at radius 3 is 2.35 bits per heavy atom. The molecule has 2 aromatic heterocycles. The predicted molar refractivity (Wildman–Crippen MR) is 157 cm³/mol. The molecule has 0 saturated carbocycles. The number of pyridine rings is 1. The molecule has 6 rings (SSSR count). The number of methoxy groups -OCH3 is 1. The van der Waals surface area contributed by atoms with Crippen molar-refractivity contribution in [2.24, 2.45) is 0 Å². The summed E-state index contributed by atoms with van der Waals surface area (Å²) in [5.74, 6) is 0.473. The van der Waals surface area contributed by atoms with Gasteiger partial charge in [-0.3, -0.25) is 9.78 Å². The Bertz CT molecular complexity index is 1890. The zero-order chi connectivity index (χ0) is 27.8. The molecular formula is C33H26FN3O3. The largest absolute Gasteiger partial charge is 0.496 e. The van der Waals surface area contributed by atoms with Crippen LogP contribution in [0.2, 0.25) is 0 Å². The number of fused-ring (bicyclic) bond motifs is 2. The van der Waals surface area contributed by atoms with Gasteiger partial charge in [-0.15, -0.1) is 0 Å². The quantitative estimate of drug-likeness (QED) is 0.232. The lowest BCUT2D eigenvalue weighted by molar-refractivity contribution is 0.0964. The molecule has 0 radical (unpaired) electrons. The molecule has 0 unspecified atom stereocenters. The van der Waals surface area contributed by atoms with Crippen LogP contribution in [-0.2, 0) is 0 Å². The van der Waals surface area contributed by atoms with Crippen LogP contribution in [0.4, 0.5) is 10.1 Å². The van der Waals surface area contributed by atoms with Gasteiger partial charge in [0, 0.05) is 65.7 Å². The zero-order valence-corrected chi connectivity index (χ0v) is 22.2. The van der Waals surface area contributed by atoms with E-state index in [1.807, 2.05) is 43.6 Å². The summed E-state index contributed by atoms with van der Waals surface area (Å²) in [5.41, 5.74) is 6.12. The molecule has 0 aliphatic heterocycles. The van der Waals surface area contributed by atoms with E-state index in [1.54, 1.807) is 32.5 Å². The van der Waals surface area contributed by atoms with Gasteiger partial charge < -0.3 is 19.8 Å². The van der Waals surface area contributed by atoms with E-state index in [1.165, 1.54) is 12.1 Å². The van der Waals surface area contributed by atoms with E-state index in [-0.39, 0.29) is 11.7 Å². The Kier molecular flexibility index (Phi) is 6.40. The number of nitrogens with zero attached hydrogens (tertiary/aromatic N) is 1. The standard InChI is InChI=1S/C33H26FN3O3/c1-35-28-17-30-27(31(33(38)36-2)32(40-30)20-6-9-24(34)10-7-20)16-25(28)22-8-11-29(39-3)26(15-22)21-5-4-19-12-13-37-18-23(19)14-21/h4-18,35H,1-3H3,(H,36,38). The van der Waals surface area contributed by atoms with Crippen molar-refractivity contribution in [2.45, 2.75) is 0 Å². The Hall–Kier alpha value is -5.17. The number of carbonyl (C=O) groups is 1. The highest BCUT2D eigenvalue weighted by atomic mass is 19.1. The predicted octanol–water partition coefficient (Wildman–Crippen LogP) is 7.53. The molecule has 4 aromatic carbocycles. The molecule has 0 saturated heterocycles. The Labute approximate surface area is 230 Å². The minimum Gasteiger partial charge on any atom is -0.496 e. The summed E-state index contributed by atoms with van der Waals surface area (Å²) in [6.45, 7) is 0. The van der Waals surface area contributed by atoms with Crippen molar-refractivity contribution in [1.29, 1.82) is 0 Å². The van der Waals surface area contributed by atoms with Crippen molar-refractivity contribution in [3.05, 3.63) is 103 Å². The maximum absolute atomic E-state index is 13.6. The van der Waals surface area contributed by atoms with Gasteiger partial charge in [0.2, 0.25) is 0 Å². The van der Waals surface area contributed by atoms with Crippen molar-refractivity contribution in [3.63, 3.8) is 0 Å². The lowest BCUT2D eigenvalue weighted by Crippen LogP contribution is -2.18. The summed E-state index contributed by atoms with van der Waals surface area (Å²) in [7, 11) is 5.08. The first-order chi connectivity index (χ1) is 19.5. The Balaban J connectivity index is 1.56. The molecule has 0 aliphatic rings. The maximum atomic E-state index is 13.6. The van der Waals surface area contributed by atoms with Crippen molar-refractivity contribution < 1.29 is 18.3 Å². The molecule has 0 spiro atoms. The third-order valence-electron chi connectivity index (χ3n) is 7.12. The number of anilines is 1. The molecule has 6 nitrogen and oxygen atoms in total. The summed E-state index contributed by atoms with van der Waals surface area (Å²) >= 11 is 0. The molecule has 1 amide bonds. The summed E-state index contributed by atoms with van der Waals surface area (Å²) in [6, 6.07) is 24.0. The molecule has 2 heterocycles. The zero-order valence-electron chi connectivity index (χ0n) is 22.2. The fourth-order valence-corrected chi connectivity index (χ4v) is 5.10. The molecule has 6 aromatic rings. The first kappa shape index (κ1) is 25.1. The molecule has 2 N–H and O–H groups in total. The fraction of sp³-hybridized carbons (Fsp3) is 0.0909. The highest BCUT2D eigenvalue weighted by Gasteiger charge is 2.23. The average molecular weight is 532 g/mol. The molecule has 198 valence electrons. The summed E-state index contributed by atoms with van der Waals surface area (Å²) in [4.78, 5) is 17.4. The van der Waals surface area contributed by atoms with Crippen LogP contribution in [0.3, 0.4) is 0 Å². The third kappa shape index (κ3) is 4.31. The van der Waals surface area contributed by atoms with Gasteiger partial charge in [-0.05, 0) is 71.1 Å². The highest BCUT2D eigenvalue weighted by Crippen LogP contribution is 2.42. The van der Waals surface area contributed by atoms with E-state index in [9.17, 15) is 9.18 Å². The lowest BCUT2D eigenvalue weighted by atomic mass is 9.94. The molecule has 0 aliphatic carbocycles. The number of furan rings is 1. The van der Waals surface area contributed by atoms with Crippen LogP contribution in [0.25, 0.3) is 55.3 Å². The fourth-order valence-electron chi connectivity index (χ4n) is 5.10. The molecule has 0 atom stereocenters. The van der Waals surface area contributed by atoms with E-state index in [0.29, 0.717) is 27.9 Å². The summed E-state index contributed by atoms with van der Waals surface area (Å²) in [5, 5.41) is 8.78. The molecule has 0 bridgehead atoms. The van der Waals surface area contributed by atoms with E-state index >= 15 is 0 Å². The Morgan fingerprint density at radius 2 is 1.60 bits per heavy atom. The van der Waals surface area contributed by atoms with Gasteiger partial charge in [0.25, 0.3) is 5.91 Å². The maximum Gasteiger partial charge on any atom is 0.255 e. The number of hydrogen-bond acceptors (Lipinski definition) is 5. The highest BCUT2D eigenvalue weighted by molar-refractivity contribution is 6.13. The van der Waals surface area contributed by atoms with Crippen molar-refractivity contribution in [3.8, 4) is 39.3 Å². The van der Waals surface area contributed by atoms with Crippen LogP contribution in [-0.4, -0.2) is 32.1 Å². The number of nitrogens with one attached hydrogen (secondary N) is 2. The Morgan fingerprint density at radius 1 is 0.850 bits per heavy atom. The van der Waals surface area contributed by atoms with Crippen molar-refractivity contribution in [1.82, 2.24) is 10.3 Å². The molecular weight excluding hydrogens is 505 g/mol. The van der Waals surface area contributed by atoms with Gasteiger partial charge in [0.15, 0.2) is 0 Å². The topological polar surface area (TPSA) is 76.4 Å². The number of hydrogen-bond donors (Lipinski definition) is 2. The first-order valence-corrected chi connectivity index (χ1v) is 12.8. The number of halogens is 1. The lowest BCUT2D eigenvalue weighted by Gasteiger charge is -2.15. The normalized spacial score (nSPS) is 11.1. The van der Waals surface area contributed by atoms with Gasteiger partial charge in [0.1, 0.15) is 22.9 Å². The van der Waals surface area contributed by atoms with Crippen molar-refractivity contribution >= 4 is 33.3 Å². The van der Waals surface area contributed by atoms with E-state index < -0.39 is 0 Å². The number of benzene rings is 4. The molecule has 7 heteroatoms. The van der Waals surface area contributed by atoms with Crippen LogP contribution in [0, 0.1) is 5.82 Å². The van der Waals surface area contributed by atoms with Crippen LogP contribution in [0.5, 0.6) is 5.75 Å². The second-order valence-electron chi connectivity index (χ2n) is 9.39. The van der Waals surface area contributed by atoms with Gasteiger partial charge in [-0.1, -0.05) is 18.2 Å². The van der Waals surface area contributed by atoms with Gasteiger partial charge in [-0.25, -0.2) is 4.39 Å². The monoisotopic (exact) mass is 531 g/mol. The van der Waals surface area contributed by atoms with Gasteiger partial charge >= 0.3 is 0 Å². The van der Waals surface area contributed by atoms with Gasteiger partial charge in [-0.2, -0.15) is 0 Å². The SMILES string of the molecule is CNC(=O)c1c(-c2ccc(F)cc2)oc2cc(NC)c(-c3ccc(OC)c(-c4ccc5ccncc5c4)c3)cc12. The second-order valence-corrected chi connectivity index (χ2v) is 9.39. The number of aromatic nitrogens is 1. The molecule has 40 heavy (non-hydrogen) atoms. The smallest absolute Gasteiger partial charge is 0.255 e. The summed E-state index contributed by atoms with van der Waals surface area (Å²) < 4.78 is 25.6. The minimum absolute atomic E-state index is 0.290. The average Bonchev–Trinajstić information content (AvgIpc) is 3.38. The van der Waals surface area contributed by atoms with Crippen LogP contribution in [0.1, 0.15) is 10.4 Å². The van der Waals surface area contributed by atoms with Gasteiger partial charge in [0.05, 0.1) is 12.7 Å². The summed E-state index contributed by atoms with van der Waals surface area (Å²) in [6.07, 6.45) is 3.63. The minimum atomic E-state index is -0.362. The van der Waals surface area contributed by atoms with Crippen molar-refractivity contribution in [2.75, 3.05) is 26.5 Å². The number of ether oxygens (including phenoxy) is 1. The molecule has 0 fully saturated rings. The third-order valence-corrected chi connectivity index (χ3v) is 7.12. The van der Waals surface area contributed by atoms with Crippen LogP contribution in [0.15, 0.2) is 95.7 Å². The number of amides is 1. The number of rotatable bonds is 6. The first-order valence-electron chi connectivity index (χ1n) is 12.8. The van der Waals surface area contributed by atoms with E-state index in [2.05, 4.69) is 39.9 Å². The van der Waals surface area contributed by atoms with Crippen LogP contribution < -0.4 is 15.4 Å². The number of carbonyl (C=O) groups excluding carboxylic acids is 1. The van der Waals surface area contributed by atoms with E-state index in [4.69, 9.17) is 9.15 Å².